The van der Waals surface area contributed by atoms with Gasteiger partial charge in [-0.2, -0.15) is 0 Å². The average molecular weight is 402 g/mol. The Bertz CT molecular complexity index is 412. The van der Waals surface area contributed by atoms with Crippen LogP contribution in [0.5, 0.6) is 0 Å². The second-order valence-electron chi connectivity index (χ2n) is 8.66. The van der Waals surface area contributed by atoms with Crippen LogP contribution in [0.1, 0.15) is 66.7 Å². The van der Waals surface area contributed by atoms with E-state index < -0.39 is 0 Å². The molecule has 1 heterocycles. The number of hydrogen-bond acceptors (Lipinski definition) is 6. The molecule has 2 fully saturated rings. The van der Waals surface area contributed by atoms with Gasteiger partial charge in [-0.15, -0.1) is 0 Å². The Balaban J connectivity index is 0.000000558. The number of nitrogens with zero attached hydrogens (tertiary/aromatic N) is 1. The zero-order valence-electron chi connectivity index (χ0n) is 19.1. The molecule has 1 saturated heterocycles. The molecule has 1 saturated carbocycles. The van der Waals surface area contributed by atoms with Crippen LogP contribution in [0.3, 0.4) is 0 Å². The van der Waals surface area contributed by atoms with Crippen LogP contribution in [-0.4, -0.2) is 48.2 Å². The van der Waals surface area contributed by atoms with Crippen molar-refractivity contribution in [3.63, 3.8) is 0 Å². The summed E-state index contributed by atoms with van der Waals surface area (Å²) in [5.41, 5.74) is 5.52. The summed E-state index contributed by atoms with van der Waals surface area (Å²) in [6.45, 7) is 12.2. The molecule has 168 valence electrons. The maximum Gasteiger partial charge on any atom is 0.0840 e. The first kappa shape index (κ1) is 27.2. The number of ether oxygens (including phenoxy) is 1. The zero-order valence-corrected chi connectivity index (χ0v) is 19.1. The molecule has 0 bridgehead atoms. The summed E-state index contributed by atoms with van der Waals surface area (Å²) in [5.74, 6) is 8.60. The van der Waals surface area contributed by atoms with E-state index in [4.69, 9.17) is 21.4 Å². The lowest BCUT2D eigenvalue weighted by molar-refractivity contribution is -0.0162. The quantitative estimate of drug-likeness (QED) is 0.426. The fourth-order valence-corrected chi connectivity index (χ4v) is 4.30. The van der Waals surface area contributed by atoms with Crippen LogP contribution in [0.4, 0.5) is 0 Å². The van der Waals surface area contributed by atoms with Gasteiger partial charge in [0.05, 0.1) is 25.0 Å². The molecule has 0 aromatic carbocycles. The Labute approximate surface area is 173 Å². The van der Waals surface area contributed by atoms with Crippen LogP contribution < -0.4 is 11.6 Å². The van der Waals surface area contributed by atoms with Crippen LogP contribution >= 0.6 is 0 Å². The summed E-state index contributed by atoms with van der Waals surface area (Å²) >= 11 is 0. The molecule has 6 nitrogen and oxygen atoms in total. The van der Waals surface area contributed by atoms with E-state index >= 15 is 0 Å². The van der Waals surface area contributed by atoms with Crippen LogP contribution in [-0.2, 0) is 4.74 Å². The van der Waals surface area contributed by atoms with Crippen molar-refractivity contribution >= 4 is 0 Å². The van der Waals surface area contributed by atoms with Gasteiger partial charge in [0.15, 0.2) is 0 Å². The van der Waals surface area contributed by atoms with Gasteiger partial charge in [0, 0.05) is 19.9 Å². The van der Waals surface area contributed by atoms with Crippen molar-refractivity contribution in [3.05, 3.63) is 11.9 Å². The summed E-state index contributed by atoms with van der Waals surface area (Å²) in [5, 5.41) is 19.0. The molecule has 0 amide bonds. The molecule has 6 atom stereocenters. The molecule has 28 heavy (non-hydrogen) atoms. The Morgan fingerprint density at radius 1 is 1.14 bits per heavy atom. The second kappa shape index (κ2) is 15.1. The monoisotopic (exact) mass is 401 g/mol. The first-order chi connectivity index (χ1) is 13.2. The highest BCUT2D eigenvalue weighted by Crippen LogP contribution is 2.45. The largest absolute Gasteiger partial charge is 0.399 e. The van der Waals surface area contributed by atoms with Crippen LogP contribution in [0, 0.1) is 29.6 Å². The average Bonchev–Trinajstić information content (AvgIpc) is 2.85. The van der Waals surface area contributed by atoms with Gasteiger partial charge in [0.25, 0.3) is 0 Å². The molecule has 6 heteroatoms. The molecule has 1 aliphatic heterocycles. The lowest BCUT2D eigenvalue weighted by Gasteiger charge is -2.43. The molecule has 0 spiro atoms. The van der Waals surface area contributed by atoms with Crippen molar-refractivity contribution in [2.45, 2.75) is 72.8 Å². The first-order valence-electron chi connectivity index (χ1n) is 11.0. The summed E-state index contributed by atoms with van der Waals surface area (Å²) in [6, 6.07) is 0. The van der Waals surface area contributed by atoms with Crippen molar-refractivity contribution in [2.24, 2.45) is 41.2 Å². The normalized spacial score (nSPS) is 31.2. The summed E-state index contributed by atoms with van der Waals surface area (Å²) in [7, 11) is 1.63. The van der Waals surface area contributed by atoms with E-state index in [1.54, 1.807) is 7.05 Å². The maximum atomic E-state index is 9.42. The number of hydrogen-bond donors (Lipinski definition) is 4. The molecule has 0 aromatic rings. The predicted molar refractivity (Wildman–Crippen MR) is 117 cm³/mol. The number of aliphatic hydroxyl groups excluding tert-OH is 2. The van der Waals surface area contributed by atoms with Gasteiger partial charge in [-0.25, -0.2) is 5.84 Å². The number of fused-ring (bicyclic) bond motifs is 1. The molecular weight excluding hydrogens is 354 g/mol. The van der Waals surface area contributed by atoms with Crippen molar-refractivity contribution in [1.82, 2.24) is 5.01 Å². The third-order valence-corrected chi connectivity index (χ3v) is 5.84. The third-order valence-electron chi connectivity index (χ3n) is 5.84. The second-order valence-corrected chi connectivity index (χ2v) is 8.66. The number of nitrogens with two attached hydrogens (primary N) is 2. The van der Waals surface area contributed by atoms with Gasteiger partial charge in [-0.05, 0) is 55.8 Å². The molecule has 0 aromatic heterocycles. The number of aliphatic hydroxyl groups is 2. The highest BCUT2D eigenvalue weighted by molar-refractivity contribution is 4.93. The van der Waals surface area contributed by atoms with E-state index in [0.717, 1.165) is 18.4 Å². The molecule has 4 unspecified atom stereocenters. The van der Waals surface area contributed by atoms with Crippen molar-refractivity contribution < 1.29 is 14.9 Å². The minimum absolute atomic E-state index is 0.151. The van der Waals surface area contributed by atoms with E-state index in [2.05, 4.69) is 34.6 Å². The predicted octanol–water partition coefficient (Wildman–Crippen LogP) is 3.09. The Morgan fingerprint density at radius 2 is 1.75 bits per heavy atom. The minimum Gasteiger partial charge on any atom is -0.399 e. The fourth-order valence-electron chi connectivity index (χ4n) is 4.30. The van der Waals surface area contributed by atoms with E-state index in [0.29, 0.717) is 36.2 Å². The summed E-state index contributed by atoms with van der Waals surface area (Å²) < 4.78 is 5.96. The molecule has 1 aliphatic carbocycles. The van der Waals surface area contributed by atoms with Crippen molar-refractivity contribution in [2.75, 3.05) is 26.9 Å². The van der Waals surface area contributed by atoms with E-state index in [1.165, 1.54) is 43.3 Å². The van der Waals surface area contributed by atoms with Crippen LogP contribution in [0.15, 0.2) is 11.9 Å². The highest BCUT2D eigenvalue weighted by atomic mass is 16.5. The van der Waals surface area contributed by atoms with Gasteiger partial charge >= 0.3 is 0 Å². The fraction of sp³-hybridized carbons (Fsp3) is 0.909. The Kier molecular flexibility index (Phi) is 14.6. The van der Waals surface area contributed by atoms with Gasteiger partial charge < -0.3 is 25.7 Å². The van der Waals surface area contributed by atoms with Crippen LogP contribution in [0.2, 0.25) is 0 Å². The lowest BCUT2D eigenvalue weighted by Crippen LogP contribution is -2.39. The van der Waals surface area contributed by atoms with Gasteiger partial charge in [0.2, 0.25) is 0 Å². The molecule has 2 rings (SSSR count). The van der Waals surface area contributed by atoms with Gasteiger partial charge in [-0.3, -0.25) is 0 Å². The van der Waals surface area contributed by atoms with Crippen molar-refractivity contribution in [1.29, 1.82) is 0 Å². The molecule has 0 radical (unpaired) electrons. The topological polar surface area (TPSA) is 105 Å². The Morgan fingerprint density at radius 3 is 2.21 bits per heavy atom. The maximum absolute atomic E-state index is 9.42. The molecule has 6 N–H and O–H groups in total. The number of hydrazine groups is 1. The third kappa shape index (κ3) is 10.1. The first-order valence-corrected chi connectivity index (χ1v) is 11.0. The summed E-state index contributed by atoms with van der Waals surface area (Å²) in [4.78, 5) is 0. The van der Waals surface area contributed by atoms with E-state index in [-0.39, 0.29) is 6.61 Å². The van der Waals surface area contributed by atoms with Gasteiger partial charge in [0.1, 0.15) is 0 Å². The molecule has 2 aliphatic rings. The molecular formula is C22H47N3O3. The van der Waals surface area contributed by atoms with E-state index in [1.807, 2.05) is 0 Å². The standard InChI is InChI=1S/C15H28O2.C4H11N3O.C3H8/c1-10-4-6-14(11(2)8-16)15-9-17-12(3)5-7-13(10)15;1-7(6)2-4(5)3-8;1-3-2/h10-16H,4-9H2,1-3H3;2,8H,3,5-6H2,1H3;3H2,1-2H3/b;4-2-;/t10-,11?,12?,13+,14?,15?;;/m1../s1. The number of rotatable bonds is 4. The van der Waals surface area contributed by atoms with E-state index in [9.17, 15) is 5.11 Å². The lowest BCUT2D eigenvalue weighted by atomic mass is 9.63. The zero-order chi connectivity index (χ0) is 21.7. The SMILES string of the molecule is CC1CC[C@@H]2C(CO1)C(C(C)CO)CC[C@H]2C.CCC.CN(N)/C=C(\N)CO. The Hall–Kier alpha value is -0.820. The summed E-state index contributed by atoms with van der Waals surface area (Å²) in [6.07, 6.45) is 8.28. The smallest absolute Gasteiger partial charge is 0.0840 e. The minimum atomic E-state index is -0.151. The van der Waals surface area contributed by atoms with Crippen LogP contribution in [0.25, 0.3) is 0 Å². The van der Waals surface area contributed by atoms with Crippen molar-refractivity contribution in [3.8, 4) is 0 Å². The van der Waals surface area contributed by atoms with Gasteiger partial charge in [-0.1, -0.05) is 40.5 Å². The highest BCUT2D eigenvalue weighted by Gasteiger charge is 2.40.